The van der Waals surface area contributed by atoms with Gasteiger partial charge in [0.25, 0.3) is 0 Å². The Kier molecular flexibility index (Phi) is 3.09. The number of fused-ring (bicyclic) bond motifs is 1. The lowest BCUT2D eigenvalue weighted by Gasteiger charge is -2.02. The highest BCUT2D eigenvalue weighted by molar-refractivity contribution is 9.10. The normalized spacial score (nSPS) is 10.4. The summed E-state index contributed by atoms with van der Waals surface area (Å²) in [5.74, 6) is 0.743. The Morgan fingerprint density at radius 2 is 2.44 bits per heavy atom. The van der Waals surface area contributed by atoms with Crippen LogP contribution in [0.15, 0.2) is 29.0 Å². The van der Waals surface area contributed by atoms with Gasteiger partial charge in [-0.15, -0.1) is 0 Å². The molecule has 0 aliphatic heterocycles. The molecule has 0 unspecified atom stereocenters. The fourth-order valence-corrected chi connectivity index (χ4v) is 1.94. The van der Waals surface area contributed by atoms with Gasteiger partial charge < -0.3 is 14.5 Å². The Morgan fingerprint density at radius 3 is 3.19 bits per heavy atom. The second kappa shape index (κ2) is 4.52. The molecule has 0 spiro atoms. The molecular weight excluding hydrogens is 274 g/mol. The van der Waals surface area contributed by atoms with Crippen molar-refractivity contribution in [2.45, 2.75) is 6.54 Å². The Labute approximate surface area is 101 Å². The Morgan fingerprint density at radius 1 is 1.62 bits per heavy atom. The van der Waals surface area contributed by atoms with Crippen LogP contribution in [0.3, 0.4) is 0 Å². The number of alkyl carbamates (subject to hydrolysis) is 1. The molecule has 6 heteroatoms. The van der Waals surface area contributed by atoms with E-state index in [2.05, 4.69) is 31.0 Å². The van der Waals surface area contributed by atoms with Crippen molar-refractivity contribution in [3.8, 4) is 0 Å². The van der Waals surface area contributed by atoms with Crippen molar-refractivity contribution >= 4 is 27.5 Å². The second-order valence-electron chi connectivity index (χ2n) is 3.12. The minimum absolute atomic E-state index is 0.323. The van der Waals surface area contributed by atoms with Crippen molar-refractivity contribution in [2.24, 2.45) is 0 Å². The first-order chi connectivity index (χ1) is 7.72. The van der Waals surface area contributed by atoms with Crippen molar-refractivity contribution in [1.82, 2.24) is 14.7 Å². The monoisotopic (exact) mass is 283 g/mol. The van der Waals surface area contributed by atoms with Gasteiger partial charge in [0.05, 0.1) is 19.2 Å². The largest absolute Gasteiger partial charge is 0.453 e. The van der Waals surface area contributed by atoms with Crippen LogP contribution in [0, 0.1) is 0 Å². The third kappa shape index (κ3) is 2.01. The van der Waals surface area contributed by atoms with Crippen molar-refractivity contribution in [1.29, 1.82) is 0 Å². The van der Waals surface area contributed by atoms with Gasteiger partial charge in [-0.2, -0.15) is 0 Å². The molecule has 0 saturated heterocycles. The molecule has 1 N–H and O–H groups in total. The van der Waals surface area contributed by atoms with Crippen molar-refractivity contribution in [3.63, 3.8) is 0 Å². The Bertz CT molecular complexity index is 524. The number of nitrogens with zero attached hydrogens (tertiary/aromatic N) is 2. The highest BCUT2D eigenvalue weighted by Gasteiger charge is 2.09. The van der Waals surface area contributed by atoms with Gasteiger partial charge in [-0.1, -0.05) is 6.07 Å². The van der Waals surface area contributed by atoms with Crippen LogP contribution >= 0.6 is 15.9 Å². The first-order valence-corrected chi connectivity index (χ1v) is 5.45. The molecule has 0 radical (unpaired) electrons. The molecule has 0 bridgehead atoms. The number of hydrogen-bond acceptors (Lipinski definition) is 3. The highest BCUT2D eigenvalue weighted by Crippen LogP contribution is 2.18. The van der Waals surface area contributed by atoms with E-state index in [0.717, 1.165) is 15.9 Å². The first-order valence-electron chi connectivity index (χ1n) is 4.65. The van der Waals surface area contributed by atoms with Crippen LogP contribution in [-0.2, 0) is 11.3 Å². The molecule has 2 rings (SSSR count). The average Bonchev–Trinajstić information content (AvgIpc) is 2.64. The molecule has 2 aromatic rings. The van der Waals surface area contributed by atoms with Crippen LogP contribution in [0.1, 0.15) is 5.82 Å². The van der Waals surface area contributed by atoms with Crippen molar-refractivity contribution < 1.29 is 9.53 Å². The molecule has 16 heavy (non-hydrogen) atoms. The number of ether oxygens (including phenoxy) is 1. The lowest BCUT2D eigenvalue weighted by Crippen LogP contribution is -2.23. The number of halogens is 1. The zero-order chi connectivity index (χ0) is 11.5. The maximum atomic E-state index is 10.9. The fraction of sp³-hybridized carbons (Fsp3) is 0.200. The summed E-state index contributed by atoms with van der Waals surface area (Å²) in [5.41, 5.74) is 0.962. The number of methoxy groups -OCH3 is 1. The lowest BCUT2D eigenvalue weighted by molar-refractivity contribution is 0.170. The number of aromatic nitrogens is 2. The summed E-state index contributed by atoms with van der Waals surface area (Å²) in [5, 5.41) is 2.59. The van der Waals surface area contributed by atoms with Crippen molar-refractivity contribution in [3.05, 3.63) is 34.8 Å². The summed E-state index contributed by atoms with van der Waals surface area (Å²) in [7, 11) is 1.33. The maximum absolute atomic E-state index is 10.9. The number of amides is 1. The van der Waals surface area contributed by atoms with E-state index in [0.29, 0.717) is 6.54 Å². The van der Waals surface area contributed by atoms with Crippen LogP contribution in [0.4, 0.5) is 4.79 Å². The molecule has 2 heterocycles. The summed E-state index contributed by atoms with van der Waals surface area (Å²) >= 11 is 3.37. The molecular formula is C10H10BrN3O2. The molecule has 0 atom stereocenters. The van der Waals surface area contributed by atoms with Gasteiger partial charge in [0.2, 0.25) is 0 Å². The first kappa shape index (κ1) is 10.9. The zero-order valence-electron chi connectivity index (χ0n) is 8.61. The Hall–Kier alpha value is -1.56. The average molecular weight is 284 g/mol. The summed E-state index contributed by atoms with van der Waals surface area (Å²) in [6.45, 7) is 0.323. The summed E-state index contributed by atoms with van der Waals surface area (Å²) in [6.07, 6.45) is 1.42. The SMILES string of the molecule is COC(=O)NCc1nc(Br)c2ccccn12. The lowest BCUT2D eigenvalue weighted by atomic mass is 10.4. The fourth-order valence-electron chi connectivity index (χ4n) is 1.41. The molecule has 0 saturated carbocycles. The summed E-state index contributed by atoms with van der Waals surface area (Å²) < 4.78 is 7.15. The predicted octanol–water partition coefficient (Wildman–Crippen LogP) is 1.95. The third-order valence-electron chi connectivity index (χ3n) is 2.15. The number of imidazole rings is 1. The predicted molar refractivity (Wildman–Crippen MR) is 62.1 cm³/mol. The third-order valence-corrected chi connectivity index (χ3v) is 2.74. The topological polar surface area (TPSA) is 55.6 Å². The minimum Gasteiger partial charge on any atom is -0.453 e. The Balaban J connectivity index is 2.27. The van der Waals surface area contributed by atoms with Crippen LogP contribution < -0.4 is 5.32 Å². The number of hydrogen-bond donors (Lipinski definition) is 1. The van der Waals surface area contributed by atoms with Gasteiger partial charge >= 0.3 is 6.09 Å². The van der Waals surface area contributed by atoms with Crippen molar-refractivity contribution in [2.75, 3.05) is 7.11 Å². The van der Waals surface area contributed by atoms with Gasteiger partial charge in [0.15, 0.2) is 0 Å². The second-order valence-corrected chi connectivity index (χ2v) is 3.87. The molecule has 0 aliphatic rings. The molecule has 1 amide bonds. The van der Waals surface area contributed by atoms with Crippen LogP contribution in [-0.4, -0.2) is 22.6 Å². The molecule has 84 valence electrons. The van der Waals surface area contributed by atoms with E-state index < -0.39 is 6.09 Å². The molecule has 2 aromatic heterocycles. The van der Waals surface area contributed by atoms with E-state index in [1.807, 2.05) is 28.8 Å². The quantitative estimate of drug-likeness (QED) is 0.917. The van der Waals surface area contributed by atoms with E-state index in [1.54, 1.807) is 0 Å². The number of nitrogens with one attached hydrogen (secondary N) is 1. The van der Waals surface area contributed by atoms with E-state index in [1.165, 1.54) is 7.11 Å². The van der Waals surface area contributed by atoms with Gasteiger partial charge in [0.1, 0.15) is 10.4 Å². The van der Waals surface area contributed by atoms with E-state index in [9.17, 15) is 4.79 Å². The molecule has 5 nitrogen and oxygen atoms in total. The summed E-state index contributed by atoms with van der Waals surface area (Å²) in [4.78, 5) is 15.3. The standard InChI is InChI=1S/C10H10BrN3O2/c1-16-10(15)12-6-8-13-9(11)7-4-2-3-5-14(7)8/h2-5H,6H2,1H3,(H,12,15). The smallest absolute Gasteiger partial charge is 0.407 e. The molecule has 0 aliphatic carbocycles. The number of carbonyl (C=O) groups excluding carboxylic acids is 1. The van der Waals surface area contributed by atoms with E-state index in [-0.39, 0.29) is 0 Å². The van der Waals surface area contributed by atoms with Crippen LogP contribution in [0.25, 0.3) is 5.52 Å². The highest BCUT2D eigenvalue weighted by atomic mass is 79.9. The van der Waals surface area contributed by atoms with Gasteiger partial charge in [-0.3, -0.25) is 0 Å². The zero-order valence-corrected chi connectivity index (χ0v) is 10.2. The van der Waals surface area contributed by atoms with Gasteiger partial charge in [-0.25, -0.2) is 9.78 Å². The summed E-state index contributed by atoms with van der Waals surface area (Å²) in [6, 6.07) is 5.78. The number of carbonyl (C=O) groups is 1. The number of rotatable bonds is 2. The van der Waals surface area contributed by atoms with E-state index >= 15 is 0 Å². The van der Waals surface area contributed by atoms with Gasteiger partial charge in [-0.05, 0) is 28.1 Å². The maximum Gasteiger partial charge on any atom is 0.407 e. The van der Waals surface area contributed by atoms with Crippen LogP contribution in [0.5, 0.6) is 0 Å². The van der Waals surface area contributed by atoms with Gasteiger partial charge in [0, 0.05) is 6.20 Å². The molecule has 0 aromatic carbocycles. The van der Waals surface area contributed by atoms with Crippen LogP contribution in [0.2, 0.25) is 0 Å². The molecule has 0 fully saturated rings. The minimum atomic E-state index is -0.469. The van der Waals surface area contributed by atoms with E-state index in [4.69, 9.17) is 0 Å². The number of pyridine rings is 1.